The van der Waals surface area contributed by atoms with Gasteiger partial charge in [-0.1, -0.05) is 6.07 Å². The Kier molecular flexibility index (Phi) is 5.64. The third-order valence-electron chi connectivity index (χ3n) is 1.96. The van der Waals surface area contributed by atoms with Gasteiger partial charge >= 0.3 is 6.09 Å². The Morgan fingerprint density at radius 3 is 2.72 bits per heavy atom. The van der Waals surface area contributed by atoms with E-state index in [0.29, 0.717) is 5.75 Å². The number of amides is 2. The van der Waals surface area contributed by atoms with Gasteiger partial charge in [-0.25, -0.2) is 4.79 Å². The van der Waals surface area contributed by atoms with Crippen LogP contribution in [0.2, 0.25) is 0 Å². The van der Waals surface area contributed by atoms with Crippen molar-refractivity contribution in [2.24, 2.45) is 0 Å². The van der Waals surface area contributed by atoms with Crippen LogP contribution in [0.1, 0.15) is 12.5 Å². The molecule has 1 rings (SSSR count). The number of carbonyl (C=O) groups excluding carboxylic acids is 2. The molecule has 1 N–H and O–H groups in total. The van der Waals surface area contributed by atoms with E-state index in [1.807, 2.05) is 24.4 Å². The summed E-state index contributed by atoms with van der Waals surface area (Å²) in [6.07, 6.45) is -0.769. The van der Waals surface area contributed by atoms with Crippen LogP contribution in [0.3, 0.4) is 0 Å². The molecule has 1 aromatic carbocycles. The highest BCUT2D eigenvalue weighted by molar-refractivity contribution is 9.10. The second kappa shape index (κ2) is 7.00. The molecule has 5 nitrogen and oxygen atoms in total. The van der Waals surface area contributed by atoms with Crippen LogP contribution in [-0.2, 0) is 9.53 Å². The maximum Gasteiger partial charge on any atom is 0.413 e. The standard InChI is InChI=1S/C12H14BrNO4/c1-3-17-12(16)14-11(15)7-18-10-5-4-8(2)6-9(10)13/h4-6H,3,7H2,1-2H3,(H,14,15,16). The van der Waals surface area contributed by atoms with Crippen molar-refractivity contribution in [1.29, 1.82) is 0 Å². The number of ether oxygens (including phenoxy) is 2. The van der Waals surface area contributed by atoms with Crippen LogP contribution >= 0.6 is 15.9 Å². The number of hydrogen-bond donors (Lipinski definition) is 1. The molecule has 0 aliphatic heterocycles. The normalized spacial score (nSPS) is 9.72. The molecule has 0 atom stereocenters. The molecule has 98 valence electrons. The number of hydrogen-bond acceptors (Lipinski definition) is 4. The average molecular weight is 316 g/mol. The van der Waals surface area contributed by atoms with Gasteiger partial charge in [0.2, 0.25) is 0 Å². The van der Waals surface area contributed by atoms with E-state index in [0.717, 1.165) is 10.0 Å². The van der Waals surface area contributed by atoms with Crippen molar-refractivity contribution in [3.8, 4) is 5.75 Å². The fourth-order valence-corrected chi connectivity index (χ4v) is 1.79. The lowest BCUT2D eigenvalue weighted by Crippen LogP contribution is -2.34. The fraction of sp³-hybridized carbons (Fsp3) is 0.333. The van der Waals surface area contributed by atoms with Crippen molar-refractivity contribution in [3.63, 3.8) is 0 Å². The summed E-state index contributed by atoms with van der Waals surface area (Å²) in [7, 11) is 0. The zero-order valence-electron chi connectivity index (χ0n) is 10.2. The van der Waals surface area contributed by atoms with Crippen molar-refractivity contribution in [1.82, 2.24) is 5.32 Å². The lowest BCUT2D eigenvalue weighted by Gasteiger charge is -2.08. The topological polar surface area (TPSA) is 64.6 Å². The summed E-state index contributed by atoms with van der Waals surface area (Å²) >= 11 is 3.32. The Morgan fingerprint density at radius 1 is 1.39 bits per heavy atom. The molecule has 0 fully saturated rings. The molecule has 18 heavy (non-hydrogen) atoms. The number of benzene rings is 1. The van der Waals surface area contributed by atoms with Gasteiger partial charge in [-0.2, -0.15) is 0 Å². The lowest BCUT2D eigenvalue weighted by molar-refractivity contribution is -0.122. The minimum atomic E-state index is -0.769. The van der Waals surface area contributed by atoms with Gasteiger partial charge in [0, 0.05) is 0 Å². The number of nitrogens with one attached hydrogen (secondary N) is 1. The van der Waals surface area contributed by atoms with Crippen LogP contribution in [0.15, 0.2) is 22.7 Å². The second-order valence-electron chi connectivity index (χ2n) is 3.49. The molecule has 0 radical (unpaired) electrons. The molecule has 0 spiro atoms. The summed E-state index contributed by atoms with van der Waals surface area (Å²) in [5.74, 6) is -0.0134. The SMILES string of the molecule is CCOC(=O)NC(=O)COc1ccc(C)cc1Br. The maximum absolute atomic E-state index is 11.3. The number of rotatable bonds is 4. The van der Waals surface area contributed by atoms with Gasteiger partial charge in [-0.3, -0.25) is 10.1 Å². The Morgan fingerprint density at radius 2 is 2.11 bits per heavy atom. The number of imide groups is 1. The molecule has 6 heteroatoms. The van der Waals surface area contributed by atoms with E-state index in [4.69, 9.17) is 4.74 Å². The van der Waals surface area contributed by atoms with Crippen molar-refractivity contribution in [2.45, 2.75) is 13.8 Å². The van der Waals surface area contributed by atoms with E-state index in [2.05, 4.69) is 20.7 Å². The van der Waals surface area contributed by atoms with Crippen LogP contribution in [0.25, 0.3) is 0 Å². The highest BCUT2D eigenvalue weighted by Crippen LogP contribution is 2.25. The highest BCUT2D eigenvalue weighted by atomic mass is 79.9. The monoisotopic (exact) mass is 315 g/mol. The van der Waals surface area contributed by atoms with Gasteiger partial charge in [0.15, 0.2) is 6.61 Å². The van der Waals surface area contributed by atoms with E-state index in [1.165, 1.54) is 0 Å². The second-order valence-corrected chi connectivity index (χ2v) is 4.35. The van der Waals surface area contributed by atoms with Crippen LogP contribution in [0.4, 0.5) is 4.79 Å². The predicted octanol–water partition coefficient (Wildman–Crippen LogP) is 2.41. The molecule has 0 aliphatic carbocycles. The van der Waals surface area contributed by atoms with Crippen molar-refractivity contribution in [2.75, 3.05) is 13.2 Å². The Bertz CT molecular complexity index is 448. The van der Waals surface area contributed by atoms with Crippen LogP contribution < -0.4 is 10.1 Å². The molecule has 0 heterocycles. The van der Waals surface area contributed by atoms with Gasteiger partial charge in [0.1, 0.15) is 5.75 Å². The first kappa shape index (κ1) is 14.5. The number of halogens is 1. The van der Waals surface area contributed by atoms with Gasteiger partial charge in [-0.15, -0.1) is 0 Å². The van der Waals surface area contributed by atoms with E-state index in [9.17, 15) is 9.59 Å². The number of alkyl carbamates (subject to hydrolysis) is 1. The highest BCUT2D eigenvalue weighted by Gasteiger charge is 2.09. The Hall–Kier alpha value is -1.56. The number of carbonyl (C=O) groups is 2. The summed E-state index contributed by atoms with van der Waals surface area (Å²) in [6.45, 7) is 3.57. The molecule has 1 aromatic rings. The summed E-state index contributed by atoms with van der Waals surface area (Å²) in [6, 6.07) is 5.49. The largest absolute Gasteiger partial charge is 0.483 e. The van der Waals surface area contributed by atoms with Gasteiger partial charge < -0.3 is 9.47 Å². The van der Waals surface area contributed by atoms with E-state index >= 15 is 0 Å². The van der Waals surface area contributed by atoms with Crippen molar-refractivity contribution in [3.05, 3.63) is 28.2 Å². The van der Waals surface area contributed by atoms with Crippen LogP contribution in [0.5, 0.6) is 5.75 Å². The predicted molar refractivity (Wildman–Crippen MR) is 69.5 cm³/mol. The third kappa shape index (κ3) is 4.75. The summed E-state index contributed by atoms with van der Waals surface area (Å²) in [4.78, 5) is 22.3. The van der Waals surface area contributed by atoms with Crippen molar-refractivity contribution < 1.29 is 19.1 Å². The molecular weight excluding hydrogens is 302 g/mol. The third-order valence-corrected chi connectivity index (χ3v) is 2.58. The molecule has 2 amide bonds. The summed E-state index contributed by atoms with van der Waals surface area (Å²) in [5, 5.41) is 2.04. The van der Waals surface area contributed by atoms with Gasteiger partial charge in [-0.05, 0) is 47.5 Å². The van der Waals surface area contributed by atoms with Gasteiger partial charge in [0.25, 0.3) is 5.91 Å². The molecule has 0 bridgehead atoms. The quantitative estimate of drug-likeness (QED) is 0.926. The molecule has 0 saturated carbocycles. The Labute approximate surface area is 114 Å². The van der Waals surface area contributed by atoms with E-state index in [1.54, 1.807) is 13.0 Å². The van der Waals surface area contributed by atoms with Gasteiger partial charge in [0.05, 0.1) is 11.1 Å². The van der Waals surface area contributed by atoms with E-state index in [-0.39, 0.29) is 13.2 Å². The number of aryl methyl sites for hydroxylation is 1. The molecule has 0 saturated heterocycles. The zero-order chi connectivity index (χ0) is 13.5. The summed E-state index contributed by atoms with van der Waals surface area (Å²) < 4.78 is 10.6. The first-order valence-electron chi connectivity index (χ1n) is 5.38. The first-order chi connectivity index (χ1) is 8.52. The molecular formula is C12H14BrNO4. The van der Waals surface area contributed by atoms with Crippen LogP contribution in [-0.4, -0.2) is 25.2 Å². The molecule has 0 unspecified atom stereocenters. The fourth-order valence-electron chi connectivity index (χ4n) is 1.18. The summed E-state index contributed by atoms with van der Waals surface area (Å²) in [5.41, 5.74) is 1.07. The Balaban J connectivity index is 2.45. The van der Waals surface area contributed by atoms with E-state index < -0.39 is 12.0 Å². The molecule has 0 aromatic heterocycles. The smallest absolute Gasteiger partial charge is 0.413 e. The van der Waals surface area contributed by atoms with Crippen molar-refractivity contribution >= 4 is 27.9 Å². The average Bonchev–Trinajstić information content (AvgIpc) is 2.28. The molecule has 0 aliphatic rings. The minimum absolute atomic E-state index is 0.212. The van der Waals surface area contributed by atoms with Crippen LogP contribution in [0, 0.1) is 6.92 Å². The zero-order valence-corrected chi connectivity index (χ0v) is 11.7. The first-order valence-corrected chi connectivity index (χ1v) is 6.17. The lowest BCUT2D eigenvalue weighted by atomic mass is 10.2. The minimum Gasteiger partial charge on any atom is -0.483 e. The maximum atomic E-state index is 11.3.